The molecule has 1 amide bonds. The van der Waals surface area contributed by atoms with Gasteiger partial charge >= 0.3 is 0 Å². The lowest BCUT2D eigenvalue weighted by atomic mass is 9.94. The maximum Gasteiger partial charge on any atom is 0.277 e. The van der Waals surface area contributed by atoms with Crippen LogP contribution >= 0.6 is 0 Å². The Hall–Kier alpha value is -3.25. The van der Waals surface area contributed by atoms with Crippen molar-refractivity contribution >= 4 is 12.1 Å². The van der Waals surface area contributed by atoms with E-state index >= 15 is 0 Å². The zero-order chi connectivity index (χ0) is 19.0. The molecule has 4 nitrogen and oxygen atoms in total. The normalized spacial score (nSPS) is 13.7. The van der Waals surface area contributed by atoms with Crippen LogP contribution in [0.25, 0.3) is 11.1 Å². The molecule has 0 radical (unpaired) electrons. The molecule has 0 aliphatic carbocycles. The van der Waals surface area contributed by atoms with Crippen molar-refractivity contribution in [1.29, 1.82) is 0 Å². The number of carbonyl (C=O) groups excluding carboxylic acids is 1. The summed E-state index contributed by atoms with van der Waals surface area (Å²) in [5.41, 5.74) is 10.3. The van der Waals surface area contributed by atoms with Gasteiger partial charge in [0, 0.05) is 29.6 Å². The number of rotatable bonds is 4. The quantitative estimate of drug-likeness (QED) is 0.766. The van der Waals surface area contributed by atoms with E-state index in [0.717, 1.165) is 22.8 Å². The van der Waals surface area contributed by atoms with Crippen LogP contribution in [0.4, 0.5) is 8.78 Å². The number of pyridine rings is 1. The average molecular weight is 363 g/mol. The van der Waals surface area contributed by atoms with Crippen LogP contribution in [0, 0.1) is 11.6 Å². The van der Waals surface area contributed by atoms with Gasteiger partial charge in [0.2, 0.25) is 0 Å². The lowest BCUT2D eigenvalue weighted by molar-refractivity contribution is 0.101. The first-order valence-electron chi connectivity index (χ1n) is 8.39. The number of nitrogens with zero attached hydrogens (tertiary/aromatic N) is 2. The van der Waals surface area contributed by atoms with Gasteiger partial charge in [-0.3, -0.25) is 9.78 Å². The summed E-state index contributed by atoms with van der Waals surface area (Å²) in [7, 11) is 0. The third kappa shape index (κ3) is 3.39. The maximum absolute atomic E-state index is 13.4. The van der Waals surface area contributed by atoms with Gasteiger partial charge in [0.1, 0.15) is 11.6 Å². The predicted molar refractivity (Wildman–Crippen MR) is 98.6 cm³/mol. The Balaban J connectivity index is 1.69. The Bertz CT molecular complexity index is 1060. The van der Waals surface area contributed by atoms with E-state index in [0.29, 0.717) is 16.8 Å². The molecule has 0 bridgehead atoms. The minimum absolute atomic E-state index is 0.240. The summed E-state index contributed by atoms with van der Waals surface area (Å²) < 4.78 is 26.9. The van der Waals surface area contributed by atoms with Crippen molar-refractivity contribution in [3.63, 3.8) is 0 Å². The molecule has 134 valence electrons. The van der Waals surface area contributed by atoms with E-state index in [1.54, 1.807) is 18.3 Å². The van der Waals surface area contributed by atoms with Crippen LogP contribution in [0.15, 0.2) is 59.7 Å². The van der Waals surface area contributed by atoms with Crippen molar-refractivity contribution in [2.24, 2.45) is 10.7 Å². The first kappa shape index (κ1) is 17.2. The second-order valence-electron chi connectivity index (χ2n) is 6.39. The van der Waals surface area contributed by atoms with Gasteiger partial charge in [0.25, 0.3) is 5.91 Å². The second-order valence-corrected chi connectivity index (χ2v) is 6.39. The molecule has 1 aromatic heterocycles. The predicted octanol–water partition coefficient (Wildman–Crippen LogP) is 3.84. The third-order valence-corrected chi connectivity index (χ3v) is 4.48. The number of aliphatic imine (C=N–C) groups is 1. The SMILES string of the molecule is N[C@@H](Cc1cc(F)cc(F)c1)c1ncccc1-c1ccc2c(c1)C=NC2=O. The summed E-state index contributed by atoms with van der Waals surface area (Å²) in [5, 5.41) is 0. The molecule has 3 aromatic rings. The molecule has 27 heavy (non-hydrogen) atoms. The number of halogens is 2. The first-order chi connectivity index (χ1) is 13.0. The molecular formula is C21H15F2N3O. The van der Waals surface area contributed by atoms with E-state index < -0.39 is 17.7 Å². The summed E-state index contributed by atoms with van der Waals surface area (Å²) in [6.45, 7) is 0. The fraction of sp³-hybridized carbons (Fsp3) is 0.0952. The van der Waals surface area contributed by atoms with Crippen LogP contribution in [0.5, 0.6) is 0 Å². The molecule has 1 aliphatic heterocycles. The number of hydrogen-bond acceptors (Lipinski definition) is 3. The van der Waals surface area contributed by atoms with Gasteiger partial charge in [-0.25, -0.2) is 13.8 Å². The van der Waals surface area contributed by atoms with Gasteiger partial charge in [-0.1, -0.05) is 12.1 Å². The largest absolute Gasteiger partial charge is 0.322 e. The van der Waals surface area contributed by atoms with Gasteiger partial charge in [0.05, 0.1) is 17.3 Å². The number of fused-ring (bicyclic) bond motifs is 1. The number of hydrogen-bond donors (Lipinski definition) is 1. The van der Waals surface area contributed by atoms with E-state index in [9.17, 15) is 13.6 Å². The summed E-state index contributed by atoms with van der Waals surface area (Å²) in [5.74, 6) is -1.53. The zero-order valence-electron chi connectivity index (χ0n) is 14.2. The average Bonchev–Trinajstić information content (AvgIpc) is 3.01. The van der Waals surface area contributed by atoms with Gasteiger partial charge < -0.3 is 5.73 Å². The van der Waals surface area contributed by atoms with Crippen molar-refractivity contribution in [2.75, 3.05) is 0 Å². The summed E-state index contributed by atoms with van der Waals surface area (Å²) in [6, 6.07) is 11.9. The third-order valence-electron chi connectivity index (χ3n) is 4.48. The number of aromatic nitrogens is 1. The van der Waals surface area contributed by atoms with E-state index in [2.05, 4.69) is 9.98 Å². The van der Waals surface area contributed by atoms with Crippen LogP contribution in [-0.4, -0.2) is 17.1 Å². The molecule has 0 unspecified atom stereocenters. The van der Waals surface area contributed by atoms with Crippen LogP contribution in [-0.2, 0) is 6.42 Å². The number of amides is 1. The molecule has 0 fully saturated rings. The van der Waals surface area contributed by atoms with Crippen molar-refractivity contribution in [1.82, 2.24) is 4.98 Å². The van der Waals surface area contributed by atoms with Crippen molar-refractivity contribution in [2.45, 2.75) is 12.5 Å². The molecule has 1 aliphatic rings. The molecule has 2 heterocycles. The Morgan fingerprint density at radius 1 is 1.00 bits per heavy atom. The highest BCUT2D eigenvalue weighted by Gasteiger charge is 2.19. The molecule has 0 saturated heterocycles. The topological polar surface area (TPSA) is 68.3 Å². The minimum atomic E-state index is -0.638. The second kappa shape index (κ2) is 6.81. The van der Waals surface area contributed by atoms with E-state index in [1.165, 1.54) is 18.3 Å². The van der Waals surface area contributed by atoms with Gasteiger partial charge in [-0.2, -0.15) is 0 Å². The standard InChI is InChI=1S/C21H15F2N3O/c22-15-6-12(7-16(23)10-15)8-19(24)20-17(2-1-5-25-20)13-3-4-18-14(9-13)11-26-21(18)27/h1-7,9-11,19H,8,24H2/t19-/m0/s1. The molecule has 0 saturated carbocycles. The Morgan fingerprint density at radius 2 is 1.78 bits per heavy atom. The number of nitrogens with two attached hydrogens (primary N) is 1. The van der Waals surface area contributed by atoms with Gasteiger partial charge in [-0.15, -0.1) is 0 Å². The van der Waals surface area contributed by atoms with Crippen LogP contribution in [0.2, 0.25) is 0 Å². The Morgan fingerprint density at radius 3 is 2.56 bits per heavy atom. The first-order valence-corrected chi connectivity index (χ1v) is 8.39. The van der Waals surface area contributed by atoms with Crippen molar-refractivity contribution in [3.05, 3.63) is 88.7 Å². The molecular weight excluding hydrogens is 348 g/mol. The van der Waals surface area contributed by atoms with E-state index in [-0.39, 0.29) is 12.3 Å². The van der Waals surface area contributed by atoms with Crippen molar-refractivity contribution < 1.29 is 13.6 Å². The molecule has 2 N–H and O–H groups in total. The smallest absolute Gasteiger partial charge is 0.277 e. The Kier molecular flexibility index (Phi) is 4.33. The number of benzene rings is 2. The van der Waals surface area contributed by atoms with Gasteiger partial charge in [-0.05, 0) is 47.9 Å². The summed E-state index contributed by atoms with van der Waals surface area (Å²) in [4.78, 5) is 19.8. The lowest BCUT2D eigenvalue weighted by Crippen LogP contribution is -2.16. The highest BCUT2D eigenvalue weighted by molar-refractivity contribution is 6.13. The van der Waals surface area contributed by atoms with E-state index in [1.807, 2.05) is 18.2 Å². The van der Waals surface area contributed by atoms with Crippen LogP contribution < -0.4 is 5.73 Å². The summed E-state index contributed by atoms with van der Waals surface area (Å²) >= 11 is 0. The lowest BCUT2D eigenvalue weighted by Gasteiger charge is -2.16. The molecule has 2 aromatic carbocycles. The molecule has 0 spiro atoms. The fourth-order valence-corrected chi connectivity index (χ4v) is 3.27. The molecule has 6 heteroatoms. The monoisotopic (exact) mass is 363 g/mol. The minimum Gasteiger partial charge on any atom is -0.322 e. The molecule has 1 atom stereocenters. The van der Waals surface area contributed by atoms with Gasteiger partial charge in [0.15, 0.2) is 0 Å². The highest BCUT2D eigenvalue weighted by atomic mass is 19.1. The van der Waals surface area contributed by atoms with Crippen molar-refractivity contribution in [3.8, 4) is 11.1 Å². The summed E-state index contributed by atoms with van der Waals surface area (Å²) in [6.07, 6.45) is 3.40. The maximum atomic E-state index is 13.4. The molecule has 4 rings (SSSR count). The van der Waals surface area contributed by atoms with Crippen LogP contribution in [0.3, 0.4) is 0 Å². The van der Waals surface area contributed by atoms with Crippen LogP contribution in [0.1, 0.15) is 33.2 Å². The van der Waals surface area contributed by atoms with E-state index in [4.69, 9.17) is 5.73 Å². The highest BCUT2D eigenvalue weighted by Crippen LogP contribution is 2.30. The Labute approximate surface area is 154 Å². The zero-order valence-corrected chi connectivity index (χ0v) is 14.2. The fourth-order valence-electron chi connectivity index (χ4n) is 3.27. The number of carbonyl (C=O) groups is 1.